The first-order chi connectivity index (χ1) is 13.6. The van der Waals surface area contributed by atoms with Crippen LogP contribution in [0.5, 0.6) is 0 Å². The number of nitrogens with one attached hydrogen (secondary N) is 2. The van der Waals surface area contributed by atoms with Crippen LogP contribution in [0.4, 0.5) is 21.0 Å². The number of aliphatic hydroxyl groups is 4. The van der Waals surface area contributed by atoms with Crippen molar-refractivity contribution in [3.63, 3.8) is 0 Å². The van der Waals surface area contributed by atoms with Gasteiger partial charge in [-0.2, -0.15) is 0 Å². The highest BCUT2D eigenvalue weighted by Crippen LogP contribution is 2.22. The lowest BCUT2D eigenvalue weighted by molar-refractivity contribution is 0.0130. The summed E-state index contributed by atoms with van der Waals surface area (Å²) >= 11 is 0. The van der Waals surface area contributed by atoms with Crippen molar-refractivity contribution in [2.45, 2.75) is 20.8 Å². The molecule has 6 N–H and O–H groups in total. The molecule has 0 aliphatic rings. The minimum Gasteiger partial charge on any atom is -0.449 e. The second kappa shape index (κ2) is 11.0. The number of benzene rings is 1. The molecule has 0 bridgehead atoms. The summed E-state index contributed by atoms with van der Waals surface area (Å²) in [5, 5.41) is 41.9. The van der Waals surface area contributed by atoms with Gasteiger partial charge in [0, 0.05) is 22.2 Å². The van der Waals surface area contributed by atoms with E-state index < -0.39 is 23.0 Å². The van der Waals surface area contributed by atoms with E-state index in [1.165, 1.54) is 6.07 Å². The molecular formula is C19H30N2O8. The predicted molar refractivity (Wildman–Crippen MR) is 106 cm³/mol. The summed E-state index contributed by atoms with van der Waals surface area (Å²) < 4.78 is 10.1. The molecule has 164 valence electrons. The van der Waals surface area contributed by atoms with Gasteiger partial charge >= 0.3 is 12.2 Å². The first-order valence-corrected chi connectivity index (χ1v) is 9.02. The van der Waals surface area contributed by atoms with Crippen LogP contribution in [0.15, 0.2) is 18.2 Å². The van der Waals surface area contributed by atoms with Gasteiger partial charge in [-0.05, 0) is 24.6 Å². The molecule has 0 fully saturated rings. The average Bonchev–Trinajstić information content (AvgIpc) is 2.72. The Bertz CT molecular complexity index is 687. The number of hydrogen-bond acceptors (Lipinski definition) is 8. The zero-order chi connectivity index (χ0) is 22.1. The van der Waals surface area contributed by atoms with Gasteiger partial charge < -0.3 is 29.9 Å². The first kappa shape index (κ1) is 24.6. The van der Waals surface area contributed by atoms with Gasteiger partial charge in [0.05, 0.1) is 26.4 Å². The summed E-state index contributed by atoms with van der Waals surface area (Å²) in [7, 11) is 0. The predicted octanol–water partition coefficient (Wildman–Crippen LogP) is 1.07. The lowest BCUT2D eigenvalue weighted by atomic mass is 9.95. The maximum Gasteiger partial charge on any atom is 0.411 e. The van der Waals surface area contributed by atoms with Crippen molar-refractivity contribution in [3.05, 3.63) is 23.8 Å². The molecule has 2 amide bonds. The van der Waals surface area contributed by atoms with Crippen LogP contribution in [0.3, 0.4) is 0 Å². The van der Waals surface area contributed by atoms with Crippen molar-refractivity contribution in [2.24, 2.45) is 10.8 Å². The second-order valence-electron chi connectivity index (χ2n) is 7.69. The fourth-order valence-corrected chi connectivity index (χ4v) is 1.90. The molecule has 0 aliphatic heterocycles. The molecule has 10 heteroatoms. The number of hydrogen-bond donors (Lipinski definition) is 6. The monoisotopic (exact) mass is 414 g/mol. The maximum absolute atomic E-state index is 12.0. The fraction of sp³-hybridized carbons (Fsp3) is 0.579. The molecule has 1 aromatic rings. The Morgan fingerprint density at radius 1 is 0.862 bits per heavy atom. The molecule has 0 heterocycles. The molecule has 0 spiro atoms. The molecule has 1 aromatic carbocycles. The fourth-order valence-electron chi connectivity index (χ4n) is 1.90. The number of amides is 2. The van der Waals surface area contributed by atoms with E-state index >= 15 is 0 Å². The number of anilines is 2. The lowest BCUT2D eigenvalue weighted by Gasteiger charge is -2.24. The third-order valence-corrected chi connectivity index (χ3v) is 4.35. The number of ether oxygens (including phenoxy) is 2. The van der Waals surface area contributed by atoms with E-state index in [4.69, 9.17) is 9.47 Å². The molecule has 1 rings (SSSR count). The van der Waals surface area contributed by atoms with Crippen molar-refractivity contribution in [2.75, 3.05) is 50.3 Å². The van der Waals surface area contributed by atoms with E-state index in [1.54, 1.807) is 32.9 Å². The van der Waals surface area contributed by atoms with Gasteiger partial charge in [0.1, 0.15) is 13.2 Å². The SMILES string of the molecule is Cc1ccc(NC(=O)OCC(C)(CO)CO)cc1NC(=O)OCC(C)(CO)CO. The molecule has 0 saturated carbocycles. The van der Waals surface area contributed by atoms with Crippen molar-refractivity contribution >= 4 is 23.6 Å². The van der Waals surface area contributed by atoms with E-state index in [2.05, 4.69) is 10.6 Å². The van der Waals surface area contributed by atoms with Gasteiger partial charge in [-0.1, -0.05) is 19.9 Å². The second-order valence-corrected chi connectivity index (χ2v) is 7.69. The summed E-state index contributed by atoms with van der Waals surface area (Å²) in [6.45, 7) is 3.15. The van der Waals surface area contributed by atoms with Gasteiger partial charge in [0.2, 0.25) is 0 Å². The van der Waals surface area contributed by atoms with Gasteiger partial charge in [0.15, 0.2) is 0 Å². The van der Waals surface area contributed by atoms with Crippen LogP contribution in [-0.4, -0.2) is 72.3 Å². The zero-order valence-corrected chi connectivity index (χ0v) is 16.9. The molecule has 0 aromatic heterocycles. The molecule has 29 heavy (non-hydrogen) atoms. The summed E-state index contributed by atoms with van der Waals surface area (Å²) in [5.74, 6) is 0. The number of aliphatic hydroxyl groups excluding tert-OH is 4. The molecule has 10 nitrogen and oxygen atoms in total. The van der Waals surface area contributed by atoms with Crippen LogP contribution in [0.2, 0.25) is 0 Å². The van der Waals surface area contributed by atoms with Crippen LogP contribution in [-0.2, 0) is 9.47 Å². The third kappa shape index (κ3) is 7.86. The van der Waals surface area contributed by atoms with Crippen molar-refractivity contribution in [1.29, 1.82) is 0 Å². The Morgan fingerprint density at radius 2 is 1.31 bits per heavy atom. The molecule has 0 radical (unpaired) electrons. The minimum atomic E-state index is -0.947. The summed E-state index contributed by atoms with van der Waals surface area (Å²) in [6.07, 6.45) is -1.56. The molecule has 0 atom stereocenters. The first-order valence-electron chi connectivity index (χ1n) is 9.02. The Morgan fingerprint density at radius 3 is 1.76 bits per heavy atom. The van der Waals surface area contributed by atoms with E-state index in [-0.39, 0.29) is 39.6 Å². The van der Waals surface area contributed by atoms with Crippen molar-refractivity contribution in [1.82, 2.24) is 0 Å². The Kier molecular flexibility index (Phi) is 9.31. The lowest BCUT2D eigenvalue weighted by Crippen LogP contribution is -2.33. The summed E-state index contributed by atoms with van der Waals surface area (Å²) in [4.78, 5) is 23.9. The molecule has 0 saturated heterocycles. The normalized spacial score (nSPS) is 11.7. The van der Waals surface area contributed by atoms with Crippen LogP contribution in [0, 0.1) is 17.8 Å². The van der Waals surface area contributed by atoms with Crippen LogP contribution >= 0.6 is 0 Å². The zero-order valence-electron chi connectivity index (χ0n) is 16.9. The van der Waals surface area contributed by atoms with Gasteiger partial charge in [0.25, 0.3) is 0 Å². The van der Waals surface area contributed by atoms with Crippen LogP contribution in [0.25, 0.3) is 0 Å². The smallest absolute Gasteiger partial charge is 0.411 e. The van der Waals surface area contributed by atoms with Gasteiger partial charge in [-0.25, -0.2) is 9.59 Å². The summed E-state index contributed by atoms with van der Waals surface area (Å²) in [5.41, 5.74) is -0.448. The van der Waals surface area contributed by atoms with Crippen LogP contribution in [0.1, 0.15) is 19.4 Å². The Hall–Kier alpha value is -2.40. The molecule has 0 aliphatic carbocycles. The van der Waals surface area contributed by atoms with E-state index in [0.717, 1.165) is 0 Å². The van der Waals surface area contributed by atoms with E-state index in [1.807, 2.05) is 0 Å². The van der Waals surface area contributed by atoms with Crippen LogP contribution < -0.4 is 10.6 Å². The quantitative estimate of drug-likeness (QED) is 0.332. The third-order valence-electron chi connectivity index (χ3n) is 4.35. The van der Waals surface area contributed by atoms with Crippen molar-refractivity contribution in [3.8, 4) is 0 Å². The van der Waals surface area contributed by atoms with Crippen molar-refractivity contribution < 1.29 is 39.5 Å². The Balaban J connectivity index is 2.68. The van der Waals surface area contributed by atoms with Gasteiger partial charge in [-0.15, -0.1) is 0 Å². The number of carbonyl (C=O) groups excluding carboxylic acids is 2. The largest absolute Gasteiger partial charge is 0.449 e. The maximum atomic E-state index is 12.0. The number of rotatable bonds is 10. The van der Waals surface area contributed by atoms with Gasteiger partial charge in [-0.3, -0.25) is 10.6 Å². The topological polar surface area (TPSA) is 158 Å². The number of aryl methyl sites for hydroxylation is 1. The minimum absolute atomic E-state index is 0.177. The highest BCUT2D eigenvalue weighted by atomic mass is 16.6. The highest BCUT2D eigenvalue weighted by molar-refractivity contribution is 5.89. The molecule has 0 unspecified atom stereocenters. The number of carbonyl (C=O) groups is 2. The average molecular weight is 414 g/mol. The van der Waals surface area contributed by atoms with E-state index in [9.17, 15) is 30.0 Å². The Labute approximate surface area is 169 Å². The van der Waals surface area contributed by atoms with E-state index in [0.29, 0.717) is 16.9 Å². The molecular weight excluding hydrogens is 384 g/mol. The highest BCUT2D eigenvalue weighted by Gasteiger charge is 2.26. The standard InChI is InChI=1S/C19H30N2O8/c1-13-4-5-14(20-16(26)28-11-18(2,7-22)8-23)6-15(13)21-17(27)29-12-19(3,9-24)10-25/h4-6,22-25H,7-12H2,1-3H3,(H,20,26)(H,21,27). The summed E-state index contributed by atoms with van der Waals surface area (Å²) in [6, 6.07) is 4.79.